The Labute approximate surface area is 156 Å². The van der Waals surface area contributed by atoms with Crippen molar-refractivity contribution in [2.24, 2.45) is 0 Å². The van der Waals surface area contributed by atoms with Gasteiger partial charge in [-0.1, -0.05) is 40.9 Å². The number of carbonyl (C=O) groups excluding carboxylic acids is 2. The molecule has 0 heterocycles. The summed E-state index contributed by atoms with van der Waals surface area (Å²) in [5.41, 5.74) is 6.29. The fraction of sp³-hybridized carbons (Fsp3) is 0.222. The molecular formula is C18H18Cl2N2O3. The van der Waals surface area contributed by atoms with E-state index in [1.807, 2.05) is 19.1 Å². The summed E-state index contributed by atoms with van der Waals surface area (Å²) in [7, 11) is 0. The normalized spacial score (nSPS) is 10.2. The standard InChI is InChI=1S/C18H18Cl2N2O3/c1-12-4-6-13(7-5-12)18(24)22-21-17(23)3-2-10-25-16-9-8-14(19)11-15(16)20/h4-9,11H,2-3,10H2,1H3,(H,21,23)(H,22,24). The zero-order chi connectivity index (χ0) is 18.2. The number of hydrogen-bond donors (Lipinski definition) is 2. The lowest BCUT2D eigenvalue weighted by molar-refractivity contribution is -0.122. The summed E-state index contributed by atoms with van der Waals surface area (Å²) in [6.45, 7) is 2.25. The van der Waals surface area contributed by atoms with Gasteiger partial charge in [0.15, 0.2) is 0 Å². The van der Waals surface area contributed by atoms with Crippen LogP contribution in [-0.2, 0) is 4.79 Å². The Balaban J connectivity index is 1.67. The number of aryl methyl sites for hydroxylation is 1. The minimum absolute atomic E-state index is 0.208. The molecule has 0 bridgehead atoms. The van der Waals surface area contributed by atoms with Crippen LogP contribution in [0.25, 0.3) is 0 Å². The highest BCUT2D eigenvalue weighted by Gasteiger charge is 2.07. The van der Waals surface area contributed by atoms with E-state index in [0.717, 1.165) is 5.56 Å². The smallest absolute Gasteiger partial charge is 0.269 e. The van der Waals surface area contributed by atoms with E-state index in [1.165, 1.54) is 0 Å². The van der Waals surface area contributed by atoms with E-state index < -0.39 is 0 Å². The molecule has 0 atom stereocenters. The molecule has 7 heteroatoms. The molecule has 25 heavy (non-hydrogen) atoms. The summed E-state index contributed by atoms with van der Waals surface area (Å²) in [4.78, 5) is 23.6. The fourth-order valence-electron chi connectivity index (χ4n) is 1.97. The van der Waals surface area contributed by atoms with E-state index in [1.54, 1.807) is 30.3 Å². The molecule has 0 saturated carbocycles. The molecule has 0 aliphatic rings. The number of amides is 2. The fourth-order valence-corrected chi connectivity index (χ4v) is 2.44. The lowest BCUT2D eigenvalue weighted by atomic mass is 10.1. The average Bonchev–Trinajstić information content (AvgIpc) is 2.58. The summed E-state index contributed by atoms with van der Waals surface area (Å²) < 4.78 is 5.49. The minimum atomic E-state index is -0.363. The number of rotatable bonds is 6. The largest absolute Gasteiger partial charge is 0.492 e. The molecule has 0 aromatic heterocycles. The number of carbonyl (C=O) groups is 2. The summed E-state index contributed by atoms with van der Waals surface area (Å²) in [6.07, 6.45) is 0.685. The van der Waals surface area contributed by atoms with Crippen LogP contribution in [0.2, 0.25) is 10.0 Å². The monoisotopic (exact) mass is 380 g/mol. The van der Waals surface area contributed by atoms with E-state index in [0.29, 0.717) is 34.4 Å². The number of benzene rings is 2. The zero-order valence-corrected chi connectivity index (χ0v) is 15.2. The van der Waals surface area contributed by atoms with Crippen LogP contribution in [0.5, 0.6) is 5.75 Å². The van der Waals surface area contributed by atoms with Crippen molar-refractivity contribution in [3.63, 3.8) is 0 Å². The molecule has 0 radical (unpaired) electrons. The van der Waals surface area contributed by atoms with Crippen LogP contribution in [-0.4, -0.2) is 18.4 Å². The first-order valence-corrected chi connectivity index (χ1v) is 8.45. The number of ether oxygens (including phenoxy) is 1. The van der Waals surface area contributed by atoms with Gasteiger partial charge in [0.2, 0.25) is 5.91 Å². The highest BCUT2D eigenvalue weighted by atomic mass is 35.5. The highest BCUT2D eigenvalue weighted by molar-refractivity contribution is 6.35. The first kappa shape index (κ1) is 19.1. The van der Waals surface area contributed by atoms with Crippen molar-refractivity contribution in [3.05, 3.63) is 63.6 Å². The molecular weight excluding hydrogens is 363 g/mol. The lowest BCUT2D eigenvalue weighted by Gasteiger charge is -2.09. The summed E-state index contributed by atoms with van der Waals surface area (Å²) in [5, 5.41) is 0.948. The molecule has 2 aromatic rings. The third-order valence-corrected chi connectivity index (χ3v) is 3.86. The highest BCUT2D eigenvalue weighted by Crippen LogP contribution is 2.27. The van der Waals surface area contributed by atoms with Gasteiger partial charge in [0, 0.05) is 17.0 Å². The van der Waals surface area contributed by atoms with Crippen molar-refractivity contribution in [2.45, 2.75) is 19.8 Å². The molecule has 0 unspecified atom stereocenters. The maximum absolute atomic E-state index is 11.9. The third kappa shape index (κ3) is 6.29. The van der Waals surface area contributed by atoms with Gasteiger partial charge in [-0.2, -0.15) is 0 Å². The van der Waals surface area contributed by atoms with Crippen molar-refractivity contribution < 1.29 is 14.3 Å². The maximum Gasteiger partial charge on any atom is 0.269 e. The number of nitrogens with one attached hydrogen (secondary N) is 2. The van der Waals surface area contributed by atoms with Crippen LogP contribution in [0.4, 0.5) is 0 Å². The molecule has 2 amide bonds. The van der Waals surface area contributed by atoms with Gasteiger partial charge in [-0.3, -0.25) is 20.4 Å². The van der Waals surface area contributed by atoms with Gasteiger partial charge in [0.05, 0.1) is 11.6 Å². The molecule has 2 aromatic carbocycles. The summed E-state index contributed by atoms with van der Waals surface area (Å²) in [5.74, 6) is -0.150. The molecule has 5 nitrogen and oxygen atoms in total. The predicted octanol–water partition coefficient (Wildman–Crippen LogP) is 3.92. The quantitative estimate of drug-likeness (QED) is 0.589. The molecule has 0 aliphatic heterocycles. The average molecular weight is 381 g/mol. The molecule has 0 aliphatic carbocycles. The van der Waals surface area contributed by atoms with Gasteiger partial charge in [-0.05, 0) is 43.7 Å². The van der Waals surface area contributed by atoms with E-state index in [-0.39, 0.29) is 18.2 Å². The minimum Gasteiger partial charge on any atom is -0.492 e. The zero-order valence-electron chi connectivity index (χ0n) is 13.6. The van der Waals surface area contributed by atoms with Crippen LogP contribution < -0.4 is 15.6 Å². The number of hydrazine groups is 1. The Bertz CT molecular complexity index is 748. The Morgan fingerprint density at radius 3 is 2.44 bits per heavy atom. The van der Waals surface area contributed by atoms with Crippen molar-refractivity contribution in [1.29, 1.82) is 0 Å². The first-order valence-electron chi connectivity index (χ1n) is 7.69. The van der Waals surface area contributed by atoms with E-state index in [9.17, 15) is 9.59 Å². The van der Waals surface area contributed by atoms with Crippen LogP contribution in [0.15, 0.2) is 42.5 Å². The van der Waals surface area contributed by atoms with Gasteiger partial charge in [0.25, 0.3) is 5.91 Å². The summed E-state index contributed by atoms with van der Waals surface area (Å²) >= 11 is 11.8. The molecule has 0 spiro atoms. The Hall–Kier alpha value is -2.24. The van der Waals surface area contributed by atoms with Gasteiger partial charge in [0.1, 0.15) is 5.75 Å². The van der Waals surface area contributed by atoms with Gasteiger partial charge in [-0.25, -0.2) is 0 Å². The molecule has 0 fully saturated rings. The second-order valence-corrected chi connectivity index (χ2v) is 6.24. The van der Waals surface area contributed by atoms with Gasteiger partial charge < -0.3 is 4.74 Å². The summed E-state index contributed by atoms with van der Waals surface area (Å²) in [6, 6.07) is 12.0. The first-order chi connectivity index (χ1) is 12.0. The van der Waals surface area contributed by atoms with Gasteiger partial charge >= 0.3 is 0 Å². The van der Waals surface area contributed by atoms with E-state index in [4.69, 9.17) is 27.9 Å². The van der Waals surface area contributed by atoms with Crippen LogP contribution in [0.1, 0.15) is 28.8 Å². The van der Waals surface area contributed by atoms with Crippen molar-refractivity contribution in [3.8, 4) is 5.75 Å². The van der Waals surface area contributed by atoms with Crippen LogP contribution >= 0.6 is 23.2 Å². The van der Waals surface area contributed by atoms with Crippen LogP contribution in [0, 0.1) is 6.92 Å². The number of hydrogen-bond acceptors (Lipinski definition) is 3. The van der Waals surface area contributed by atoms with Crippen LogP contribution in [0.3, 0.4) is 0 Å². The number of halogens is 2. The molecule has 132 valence electrons. The molecule has 0 saturated heterocycles. The molecule has 2 rings (SSSR count). The Kier molecular flexibility index (Phi) is 7.10. The Morgan fingerprint density at radius 2 is 1.76 bits per heavy atom. The van der Waals surface area contributed by atoms with Crippen molar-refractivity contribution >= 4 is 35.0 Å². The topological polar surface area (TPSA) is 67.4 Å². The lowest BCUT2D eigenvalue weighted by Crippen LogP contribution is -2.41. The van der Waals surface area contributed by atoms with E-state index >= 15 is 0 Å². The SMILES string of the molecule is Cc1ccc(C(=O)NNC(=O)CCCOc2ccc(Cl)cc2Cl)cc1. The predicted molar refractivity (Wildman–Crippen MR) is 98.0 cm³/mol. The van der Waals surface area contributed by atoms with Crippen molar-refractivity contribution in [1.82, 2.24) is 10.9 Å². The second-order valence-electron chi connectivity index (χ2n) is 5.40. The second kappa shape index (κ2) is 9.30. The van der Waals surface area contributed by atoms with Crippen molar-refractivity contribution in [2.75, 3.05) is 6.61 Å². The molecule has 2 N–H and O–H groups in total. The van der Waals surface area contributed by atoms with Gasteiger partial charge in [-0.15, -0.1) is 0 Å². The maximum atomic E-state index is 11.9. The van der Waals surface area contributed by atoms with E-state index in [2.05, 4.69) is 10.9 Å². The third-order valence-electron chi connectivity index (χ3n) is 3.33. The Morgan fingerprint density at radius 1 is 1.04 bits per heavy atom.